The molecule has 0 amide bonds. The summed E-state index contributed by atoms with van der Waals surface area (Å²) in [4.78, 5) is 0. The van der Waals surface area contributed by atoms with Crippen molar-refractivity contribution in [1.29, 1.82) is 0 Å². The number of halogens is 2. The van der Waals surface area contributed by atoms with Crippen LogP contribution in [0.5, 0.6) is 0 Å². The van der Waals surface area contributed by atoms with E-state index in [1.165, 1.54) is 11.1 Å². The molecule has 0 bridgehead atoms. The third-order valence-corrected chi connectivity index (χ3v) is 3.75. The number of hydrogen-bond donors (Lipinski definition) is 1. The van der Waals surface area contributed by atoms with Gasteiger partial charge in [-0.25, -0.2) is 0 Å². The van der Waals surface area contributed by atoms with E-state index >= 15 is 0 Å². The van der Waals surface area contributed by atoms with Gasteiger partial charge in [-0.3, -0.25) is 0 Å². The first kappa shape index (κ1) is 13.6. The number of hydrogen-bond acceptors (Lipinski definition) is 1. The van der Waals surface area contributed by atoms with Gasteiger partial charge < -0.3 is 5.32 Å². The van der Waals surface area contributed by atoms with Crippen LogP contribution in [0.4, 0.5) is 0 Å². The molecule has 18 heavy (non-hydrogen) atoms. The molecule has 0 saturated heterocycles. The normalized spacial score (nSPS) is 12.4. The molecule has 2 rings (SSSR count). The molecule has 0 radical (unpaired) electrons. The third-order valence-electron chi connectivity index (χ3n) is 2.97. The summed E-state index contributed by atoms with van der Waals surface area (Å²) in [6, 6.07) is 16.8. The number of nitrogens with one attached hydrogen (secondary N) is 1. The van der Waals surface area contributed by atoms with Crippen LogP contribution in [0, 0.1) is 0 Å². The van der Waals surface area contributed by atoms with Crippen molar-refractivity contribution in [2.45, 2.75) is 12.5 Å². The lowest BCUT2D eigenvalue weighted by molar-refractivity contribution is 0.592. The zero-order valence-corrected chi connectivity index (χ0v) is 12.5. The van der Waals surface area contributed by atoms with Gasteiger partial charge in [0.25, 0.3) is 0 Å². The fraction of sp³-hybridized carbons (Fsp3) is 0.200. The van der Waals surface area contributed by atoms with Crippen molar-refractivity contribution in [3.63, 3.8) is 0 Å². The molecule has 0 heterocycles. The van der Waals surface area contributed by atoms with Crippen LogP contribution < -0.4 is 5.32 Å². The first-order valence-electron chi connectivity index (χ1n) is 5.86. The minimum Gasteiger partial charge on any atom is -0.313 e. The Labute approximate surface area is 121 Å². The van der Waals surface area contributed by atoms with Crippen LogP contribution in [0.25, 0.3) is 0 Å². The van der Waals surface area contributed by atoms with E-state index in [2.05, 4.69) is 57.6 Å². The highest BCUT2D eigenvalue weighted by molar-refractivity contribution is 9.10. The summed E-state index contributed by atoms with van der Waals surface area (Å²) >= 11 is 9.35. The van der Waals surface area contributed by atoms with Crippen LogP contribution >= 0.6 is 27.5 Å². The molecule has 1 N–H and O–H groups in total. The molecule has 1 nitrogen and oxygen atoms in total. The highest BCUT2D eigenvalue weighted by atomic mass is 79.9. The zero-order chi connectivity index (χ0) is 13.0. The number of likely N-dealkylation sites (N-methyl/N-ethyl adjacent to an activating group) is 1. The molecular formula is C15H15BrClN. The Morgan fingerprint density at radius 1 is 1.06 bits per heavy atom. The maximum absolute atomic E-state index is 5.90. The van der Waals surface area contributed by atoms with Gasteiger partial charge in [0.15, 0.2) is 0 Å². The van der Waals surface area contributed by atoms with E-state index in [1.807, 2.05) is 19.2 Å². The van der Waals surface area contributed by atoms with Crippen LogP contribution in [0.15, 0.2) is 53.0 Å². The first-order chi connectivity index (χ1) is 8.69. The van der Waals surface area contributed by atoms with Crippen molar-refractivity contribution in [2.24, 2.45) is 0 Å². The fourth-order valence-corrected chi connectivity index (χ4v) is 2.33. The molecule has 1 unspecified atom stereocenters. The average Bonchev–Trinajstić information content (AvgIpc) is 2.39. The van der Waals surface area contributed by atoms with Crippen molar-refractivity contribution < 1.29 is 0 Å². The SMILES string of the molecule is CNC(Cc1ccc(Cl)cc1)c1ccc(Br)cc1. The lowest BCUT2D eigenvalue weighted by Gasteiger charge is -2.17. The molecule has 3 heteroatoms. The largest absolute Gasteiger partial charge is 0.313 e. The Morgan fingerprint density at radius 2 is 1.67 bits per heavy atom. The summed E-state index contributed by atoms with van der Waals surface area (Å²) in [7, 11) is 1.99. The quantitative estimate of drug-likeness (QED) is 0.866. The molecular weight excluding hydrogens is 310 g/mol. The molecule has 2 aromatic carbocycles. The molecule has 0 aliphatic rings. The molecule has 2 aromatic rings. The van der Waals surface area contributed by atoms with Gasteiger partial charge in [0.05, 0.1) is 0 Å². The lowest BCUT2D eigenvalue weighted by atomic mass is 9.99. The monoisotopic (exact) mass is 323 g/mol. The van der Waals surface area contributed by atoms with Gasteiger partial charge in [0, 0.05) is 15.5 Å². The summed E-state index contributed by atoms with van der Waals surface area (Å²) in [5.74, 6) is 0. The number of rotatable bonds is 4. The van der Waals surface area contributed by atoms with Crippen LogP contribution in [-0.4, -0.2) is 7.05 Å². The van der Waals surface area contributed by atoms with E-state index in [0.29, 0.717) is 6.04 Å². The van der Waals surface area contributed by atoms with Crippen molar-refractivity contribution in [2.75, 3.05) is 7.05 Å². The molecule has 0 aromatic heterocycles. The highest BCUT2D eigenvalue weighted by Gasteiger charge is 2.09. The van der Waals surface area contributed by atoms with Gasteiger partial charge in [-0.05, 0) is 48.9 Å². The molecule has 0 aliphatic heterocycles. The zero-order valence-electron chi connectivity index (χ0n) is 10.2. The van der Waals surface area contributed by atoms with Gasteiger partial charge in [-0.1, -0.05) is 51.8 Å². The second kappa shape index (κ2) is 6.37. The van der Waals surface area contributed by atoms with Gasteiger partial charge in [-0.2, -0.15) is 0 Å². The summed E-state index contributed by atoms with van der Waals surface area (Å²) < 4.78 is 1.10. The maximum Gasteiger partial charge on any atom is 0.0406 e. The summed E-state index contributed by atoms with van der Waals surface area (Å²) in [6.07, 6.45) is 0.954. The maximum atomic E-state index is 5.90. The third kappa shape index (κ3) is 3.58. The van der Waals surface area contributed by atoms with Crippen molar-refractivity contribution >= 4 is 27.5 Å². The van der Waals surface area contributed by atoms with Crippen molar-refractivity contribution in [3.8, 4) is 0 Å². The fourth-order valence-electron chi connectivity index (χ4n) is 1.94. The number of benzene rings is 2. The summed E-state index contributed by atoms with van der Waals surface area (Å²) in [5, 5.41) is 4.13. The Bertz CT molecular complexity index is 493. The minimum atomic E-state index is 0.319. The second-order valence-electron chi connectivity index (χ2n) is 4.22. The Kier molecular flexibility index (Phi) is 4.81. The van der Waals surface area contributed by atoms with E-state index in [4.69, 9.17) is 11.6 Å². The summed E-state index contributed by atoms with van der Waals surface area (Å²) in [6.45, 7) is 0. The van der Waals surface area contributed by atoms with Crippen molar-refractivity contribution in [3.05, 3.63) is 69.2 Å². The van der Waals surface area contributed by atoms with Crippen LogP contribution in [0.3, 0.4) is 0 Å². The standard InChI is InChI=1S/C15H15BrClN/c1-18-15(12-4-6-13(16)7-5-12)10-11-2-8-14(17)9-3-11/h2-9,15,18H,10H2,1H3. The van der Waals surface area contributed by atoms with E-state index in [1.54, 1.807) is 0 Å². The molecule has 0 fully saturated rings. The van der Waals surface area contributed by atoms with Crippen LogP contribution in [-0.2, 0) is 6.42 Å². The van der Waals surface area contributed by atoms with Gasteiger partial charge in [-0.15, -0.1) is 0 Å². The van der Waals surface area contributed by atoms with E-state index in [0.717, 1.165) is 15.9 Å². The van der Waals surface area contributed by atoms with Crippen LogP contribution in [0.2, 0.25) is 5.02 Å². The molecule has 0 spiro atoms. The molecule has 0 saturated carbocycles. The molecule has 94 valence electrons. The van der Waals surface area contributed by atoms with Crippen molar-refractivity contribution in [1.82, 2.24) is 5.32 Å². The lowest BCUT2D eigenvalue weighted by Crippen LogP contribution is -2.18. The molecule has 1 atom stereocenters. The van der Waals surface area contributed by atoms with Gasteiger partial charge in [0.1, 0.15) is 0 Å². The van der Waals surface area contributed by atoms with E-state index < -0.39 is 0 Å². The van der Waals surface area contributed by atoms with E-state index in [-0.39, 0.29) is 0 Å². The predicted molar refractivity (Wildman–Crippen MR) is 81.1 cm³/mol. The smallest absolute Gasteiger partial charge is 0.0406 e. The Morgan fingerprint density at radius 3 is 2.22 bits per heavy atom. The topological polar surface area (TPSA) is 12.0 Å². The van der Waals surface area contributed by atoms with Gasteiger partial charge in [0.2, 0.25) is 0 Å². The second-order valence-corrected chi connectivity index (χ2v) is 5.58. The first-order valence-corrected chi connectivity index (χ1v) is 7.03. The summed E-state index contributed by atoms with van der Waals surface area (Å²) in [5.41, 5.74) is 2.57. The average molecular weight is 325 g/mol. The Balaban J connectivity index is 2.14. The van der Waals surface area contributed by atoms with E-state index in [9.17, 15) is 0 Å². The highest BCUT2D eigenvalue weighted by Crippen LogP contribution is 2.21. The minimum absolute atomic E-state index is 0.319. The molecule has 0 aliphatic carbocycles. The van der Waals surface area contributed by atoms with Gasteiger partial charge >= 0.3 is 0 Å². The van der Waals surface area contributed by atoms with Crippen LogP contribution in [0.1, 0.15) is 17.2 Å². The predicted octanol–water partition coefficient (Wildman–Crippen LogP) is 4.61. The Hall–Kier alpha value is -0.830.